The lowest BCUT2D eigenvalue weighted by molar-refractivity contribution is -0.0586. The molecular weight excluding hydrogens is 467 g/mol. The molecule has 1 aliphatic rings. The zero-order valence-corrected chi connectivity index (χ0v) is 20.2. The van der Waals surface area contributed by atoms with E-state index in [1.165, 1.54) is 0 Å². The Morgan fingerprint density at radius 2 is 1.75 bits per heavy atom. The maximum Gasteiger partial charge on any atom is 0.254 e. The number of morpholine rings is 1. The first-order valence-electron chi connectivity index (χ1n) is 9.78. The van der Waals surface area contributed by atoms with Gasteiger partial charge in [-0.15, -0.1) is 24.0 Å². The van der Waals surface area contributed by atoms with Crippen molar-refractivity contribution in [2.45, 2.75) is 65.8 Å². The Morgan fingerprint density at radius 1 is 1.18 bits per heavy atom. The van der Waals surface area contributed by atoms with E-state index < -0.39 is 0 Å². The predicted octanol–water partition coefficient (Wildman–Crippen LogP) is 3.41. The van der Waals surface area contributed by atoms with Gasteiger partial charge in [-0.1, -0.05) is 12.1 Å². The van der Waals surface area contributed by atoms with Gasteiger partial charge in [0.1, 0.15) is 0 Å². The molecule has 0 bridgehead atoms. The van der Waals surface area contributed by atoms with Gasteiger partial charge in [0.2, 0.25) is 0 Å². The minimum Gasteiger partial charge on any atom is -0.372 e. The molecule has 1 fully saturated rings. The second kappa shape index (κ2) is 11.0. The molecule has 1 saturated heterocycles. The van der Waals surface area contributed by atoms with Gasteiger partial charge in [-0.05, 0) is 59.2 Å². The highest BCUT2D eigenvalue weighted by Gasteiger charge is 2.26. The topological polar surface area (TPSA) is 66.0 Å². The van der Waals surface area contributed by atoms with E-state index in [0.717, 1.165) is 18.1 Å². The van der Waals surface area contributed by atoms with Crippen LogP contribution in [0.1, 0.15) is 57.5 Å². The van der Waals surface area contributed by atoms with Gasteiger partial charge in [0.25, 0.3) is 5.91 Å². The third kappa shape index (κ3) is 7.95. The summed E-state index contributed by atoms with van der Waals surface area (Å²) >= 11 is 0. The highest BCUT2D eigenvalue weighted by atomic mass is 127. The van der Waals surface area contributed by atoms with Crippen LogP contribution in [0.3, 0.4) is 0 Å². The average Bonchev–Trinajstić information content (AvgIpc) is 2.57. The van der Waals surface area contributed by atoms with E-state index in [4.69, 9.17) is 4.74 Å². The Morgan fingerprint density at radius 3 is 2.25 bits per heavy atom. The third-order valence-corrected chi connectivity index (χ3v) is 4.17. The van der Waals surface area contributed by atoms with Crippen LogP contribution in [0, 0.1) is 0 Å². The highest BCUT2D eigenvalue weighted by molar-refractivity contribution is 14.0. The van der Waals surface area contributed by atoms with Crippen molar-refractivity contribution in [3.05, 3.63) is 35.4 Å². The van der Waals surface area contributed by atoms with Gasteiger partial charge in [-0.2, -0.15) is 0 Å². The summed E-state index contributed by atoms with van der Waals surface area (Å²) in [5, 5.41) is 6.63. The van der Waals surface area contributed by atoms with E-state index in [0.29, 0.717) is 25.2 Å². The van der Waals surface area contributed by atoms with Gasteiger partial charge in [0.15, 0.2) is 5.96 Å². The SMILES string of the molecule is CCNC(=NCc1ccc(C(=O)N2CC(C)OC(C)C2)cc1)NC(C)(C)C.I. The van der Waals surface area contributed by atoms with Crippen LogP contribution in [0.4, 0.5) is 0 Å². The van der Waals surface area contributed by atoms with Gasteiger partial charge in [-0.3, -0.25) is 4.79 Å². The lowest BCUT2D eigenvalue weighted by Gasteiger charge is -2.35. The number of ether oxygens (including phenoxy) is 1. The van der Waals surface area contributed by atoms with E-state index >= 15 is 0 Å². The molecule has 1 aromatic rings. The van der Waals surface area contributed by atoms with Crippen molar-refractivity contribution < 1.29 is 9.53 Å². The minimum atomic E-state index is -0.0519. The van der Waals surface area contributed by atoms with Gasteiger partial charge >= 0.3 is 0 Å². The lowest BCUT2D eigenvalue weighted by atomic mass is 10.1. The van der Waals surface area contributed by atoms with Crippen LogP contribution < -0.4 is 10.6 Å². The van der Waals surface area contributed by atoms with Gasteiger partial charge in [-0.25, -0.2) is 4.99 Å². The summed E-state index contributed by atoms with van der Waals surface area (Å²) in [6.45, 7) is 15.0. The molecule has 0 aromatic heterocycles. The molecule has 2 unspecified atom stereocenters. The zero-order chi connectivity index (χ0) is 20.0. The van der Waals surface area contributed by atoms with E-state index in [1.807, 2.05) is 49.9 Å². The van der Waals surface area contributed by atoms with Crippen LogP contribution in [0.15, 0.2) is 29.3 Å². The first-order valence-corrected chi connectivity index (χ1v) is 9.78. The summed E-state index contributed by atoms with van der Waals surface area (Å²) in [5.74, 6) is 0.858. The fourth-order valence-corrected chi connectivity index (χ4v) is 3.11. The highest BCUT2D eigenvalue weighted by Crippen LogP contribution is 2.15. The van der Waals surface area contributed by atoms with Gasteiger partial charge in [0.05, 0.1) is 18.8 Å². The summed E-state index contributed by atoms with van der Waals surface area (Å²) in [5.41, 5.74) is 1.73. The zero-order valence-electron chi connectivity index (χ0n) is 17.9. The average molecular weight is 502 g/mol. The van der Waals surface area contributed by atoms with Crippen LogP contribution >= 0.6 is 24.0 Å². The first kappa shape index (κ1) is 24.7. The number of nitrogens with one attached hydrogen (secondary N) is 2. The Kier molecular flexibility index (Phi) is 9.69. The second-order valence-corrected chi connectivity index (χ2v) is 8.23. The monoisotopic (exact) mass is 502 g/mol. The molecule has 158 valence electrons. The van der Waals surface area contributed by atoms with Crippen molar-refractivity contribution in [3.63, 3.8) is 0 Å². The smallest absolute Gasteiger partial charge is 0.254 e. The van der Waals surface area contributed by atoms with Crippen LogP contribution in [-0.2, 0) is 11.3 Å². The largest absolute Gasteiger partial charge is 0.372 e. The molecule has 2 N–H and O–H groups in total. The van der Waals surface area contributed by atoms with Crippen LogP contribution in [0.2, 0.25) is 0 Å². The summed E-state index contributed by atoms with van der Waals surface area (Å²) in [6.07, 6.45) is 0.150. The van der Waals surface area contributed by atoms with E-state index in [1.54, 1.807) is 0 Å². The number of carbonyl (C=O) groups is 1. The Hall–Kier alpha value is -1.35. The molecule has 0 radical (unpaired) electrons. The van der Waals surface area contributed by atoms with Gasteiger partial charge in [0, 0.05) is 30.7 Å². The number of hydrogen-bond acceptors (Lipinski definition) is 3. The summed E-state index contributed by atoms with van der Waals surface area (Å²) in [7, 11) is 0. The number of amides is 1. The molecule has 1 heterocycles. The standard InChI is InChI=1S/C21H34N4O2.HI/c1-7-22-20(24-21(4,5)6)23-12-17-8-10-18(11-9-17)19(26)25-13-15(2)27-16(3)14-25;/h8-11,15-16H,7,12-14H2,1-6H3,(H2,22,23,24);1H. The molecule has 2 atom stereocenters. The number of hydrogen-bond donors (Lipinski definition) is 2. The summed E-state index contributed by atoms with van der Waals surface area (Å²) < 4.78 is 5.71. The quantitative estimate of drug-likeness (QED) is 0.377. The molecule has 7 heteroatoms. The van der Waals surface area contributed by atoms with Crippen molar-refractivity contribution in [1.29, 1.82) is 0 Å². The molecule has 1 amide bonds. The summed E-state index contributed by atoms with van der Waals surface area (Å²) in [6, 6.07) is 7.74. The number of guanidine groups is 1. The fourth-order valence-electron chi connectivity index (χ4n) is 3.11. The number of carbonyl (C=O) groups excluding carboxylic acids is 1. The van der Waals surface area contributed by atoms with Crippen molar-refractivity contribution in [3.8, 4) is 0 Å². The number of aliphatic imine (C=N–C) groups is 1. The molecular formula is C21H35IN4O2. The maximum atomic E-state index is 12.7. The number of benzene rings is 1. The Labute approximate surface area is 186 Å². The second-order valence-electron chi connectivity index (χ2n) is 8.23. The molecule has 0 aliphatic carbocycles. The van der Waals surface area contributed by atoms with Crippen molar-refractivity contribution in [2.24, 2.45) is 4.99 Å². The maximum absolute atomic E-state index is 12.7. The summed E-state index contributed by atoms with van der Waals surface area (Å²) in [4.78, 5) is 19.2. The fraction of sp³-hybridized carbons (Fsp3) is 0.619. The van der Waals surface area contributed by atoms with Crippen molar-refractivity contribution in [1.82, 2.24) is 15.5 Å². The predicted molar refractivity (Wildman–Crippen MR) is 125 cm³/mol. The molecule has 0 spiro atoms. The molecule has 28 heavy (non-hydrogen) atoms. The van der Waals surface area contributed by atoms with E-state index in [-0.39, 0.29) is 47.6 Å². The van der Waals surface area contributed by atoms with E-state index in [9.17, 15) is 4.79 Å². The van der Waals surface area contributed by atoms with Crippen LogP contribution in [0.5, 0.6) is 0 Å². The third-order valence-electron chi connectivity index (χ3n) is 4.17. The molecule has 1 aliphatic heterocycles. The van der Waals surface area contributed by atoms with Crippen LogP contribution in [0.25, 0.3) is 0 Å². The first-order chi connectivity index (χ1) is 12.7. The molecule has 0 saturated carbocycles. The molecule has 2 rings (SSSR count). The van der Waals surface area contributed by atoms with Crippen molar-refractivity contribution in [2.75, 3.05) is 19.6 Å². The number of halogens is 1. The molecule has 6 nitrogen and oxygen atoms in total. The Bertz CT molecular complexity index is 645. The van der Waals surface area contributed by atoms with Gasteiger partial charge < -0.3 is 20.3 Å². The van der Waals surface area contributed by atoms with Crippen LogP contribution in [-0.4, -0.2) is 54.1 Å². The van der Waals surface area contributed by atoms with E-state index in [2.05, 4.69) is 36.4 Å². The Balaban J connectivity index is 0.00000392. The molecule has 1 aromatic carbocycles. The normalized spacial score (nSPS) is 20.4. The van der Waals surface area contributed by atoms with Crippen molar-refractivity contribution >= 4 is 35.8 Å². The lowest BCUT2D eigenvalue weighted by Crippen LogP contribution is -2.48. The number of nitrogens with zero attached hydrogens (tertiary/aromatic N) is 2. The minimum absolute atomic E-state index is 0. The number of rotatable bonds is 4.